The van der Waals surface area contributed by atoms with Gasteiger partial charge in [-0.05, 0) is 20.0 Å². The Balaban J connectivity index is 0. The monoisotopic (exact) mass is 225 g/mol. The van der Waals surface area contributed by atoms with Crippen LogP contribution in [0.2, 0.25) is 0 Å². The Morgan fingerprint density at radius 3 is 2.43 bits per heavy atom. The van der Waals surface area contributed by atoms with Crippen LogP contribution in [-0.2, 0) is 14.3 Å². The zero-order chi connectivity index (χ0) is 10.3. The first-order valence-electron chi connectivity index (χ1n) is 4.06. The topological polar surface area (TPSA) is 75.6 Å². The van der Waals surface area contributed by atoms with Crippen molar-refractivity contribution in [3.63, 3.8) is 0 Å². The van der Waals surface area contributed by atoms with Gasteiger partial charge in [-0.3, -0.25) is 9.59 Å². The highest BCUT2D eigenvalue weighted by Crippen LogP contribution is 2.09. The molecule has 1 atom stereocenters. The molecule has 5 nitrogen and oxygen atoms in total. The summed E-state index contributed by atoms with van der Waals surface area (Å²) >= 11 is 0. The third-order valence-corrected chi connectivity index (χ3v) is 1.70. The summed E-state index contributed by atoms with van der Waals surface area (Å²) < 4.78 is 4.48. The maximum Gasteiger partial charge on any atom is 0.309 e. The number of hydrogen-bond acceptors (Lipinski definition) is 4. The van der Waals surface area contributed by atoms with Crippen LogP contribution in [0, 0.1) is 5.92 Å². The molecule has 0 aromatic heterocycles. The molecule has 0 bridgehead atoms. The van der Waals surface area contributed by atoms with Crippen LogP contribution in [0.4, 0.5) is 0 Å². The standard InChI is InChI=1S/C8H15NO4.ClH/c1-9-4-3-6(5-7(10)11)8(12)13-2;/h6,9H,3-5H2,1-2H3,(H,10,11);1H. The van der Waals surface area contributed by atoms with Crippen LogP contribution in [0.3, 0.4) is 0 Å². The molecule has 0 amide bonds. The lowest BCUT2D eigenvalue weighted by Crippen LogP contribution is -2.23. The van der Waals surface area contributed by atoms with Crippen LogP contribution in [0.5, 0.6) is 0 Å². The van der Waals surface area contributed by atoms with Crippen molar-refractivity contribution in [3.8, 4) is 0 Å². The molecule has 0 heterocycles. The van der Waals surface area contributed by atoms with Gasteiger partial charge in [0.15, 0.2) is 0 Å². The van der Waals surface area contributed by atoms with E-state index in [1.54, 1.807) is 7.05 Å². The number of rotatable bonds is 6. The number of nitrogens with one attached hydrogen (secondary N) is 1. The van der Waals surface area contributed by atoms with Gasteiger partial charge in [-0.15, -0.1) is 12.4 Å². The van der Waals surface area contributed by atoms with Crippen molar-refractivity contribution in [2.75, 3.05) is 20.7 Å². The summed E-state index contributed by atoms with van der Waals surface area (Å²) in [6.07, 6.45) is 0.309. The number of ether oxygens (including phenoxy) is 1. The normalized spacial score (nSPS) is 11.3. The highest BCUT2D eigenvalue weighted by atomic mass is 35.5. The summed E-state index contributed by atoms with van der Waals surface area (Å²) in [4.78, 5) is 21.4. The molecule has 14 heavy (non-hydrogen) atoms. The van der Waals surface area contributed by atoms with Gasteiger partial charge in [-0.2, -0.15) is 0 Å². The first-order valence-corrected chi connectivity index (χ1v) is 4.06. The van der Waals surface area contributed by atoms with Gasteiger partial charge in [-0.1, -0.05) is 0 Å². The summed E-state index contributed by atoms with van der Waals surface area (Å²) in [5, 5.41) is 11.3. The van der Waals surface area contributed by atoms with Crippen molar-refractivity contribution in [2.45, 2.75) is 12.8 Å². The molecule has 0 saturated carbocycles. The van der Waals surface area contributed by atoms with Crippen LogP contribution in [0.15, 0.2) is 0 Å². The predicted molar refractivity (Wildman–Crippen MR) is 53.6 cm³/mol. The highest BCUT2D eigenvalue weighted by molar-refractivity contribution is 5.85. The number of halogens is 1. The minimum atomic E-state index is -0.980. The van der Waals surface area contributed by atoms with Crippen molar-refractivity contribution in [3.05, 3.63) is 0 Å². The molecule has 1 unspecified atom stereocenters. The first-order chi connectivity index (χ1) is 6.11. The second kappa shape index (κ2) is 8.77. The lowest BCUT2D eigenvalue weighted by molar-refractivity contribution is -0.150. The van der Waals surface area contributed by atoms with E-state index >= 15 is 0 Å². The third kappa shape index (κ3) is 6.68. The van der Waals surface area contributed by atoms with Gasteiger partial charge in [0.2, 0.25) is 0 Å². The van der Waals surface area contributed by atoms with E-state index in [0.29, 0.717) is 13.0 Å². The van der Waals surface area contributed by atoms with E-state index < -0.39 is 17.9 Å². The third-order valence-electron chi connectivity index (χ3n) is 1.70. The fourth-order valence-electron chi connectivity index (χ4n) is 0.999. The quantitative estimate of drug-likeness (QED) is 0.636. The Bertz CT molecular complexity index is 186. The molecule has 2 N–H and O–H groups in total. The SMILES string of the molecule is CNCCC(CC(=O)O)C(=O)OC.Cl. The molecule has 6 heteroatoms. The van der Waals surface area contributed by atoms with Crippen molar-refractivity contribution >= 4 is 24.3 Å². The average molecular weight is 226 g/mol. The summed E-state index contributed by atoms with van der Waals surface area (Å²) in [6, 6.07) is 0. The molecular weight excluding hydrogens is 210 g/mol. The largest absolute Gasteiger partial charge is 0.481 e. The number of esters is 1. The van der Waals surface area contributed by atoms with Gasteiger partial charge in [-0.25, -0.2) is 0 Å². The molecule has 0 aliphatic carbocycles. The Morgan fingerprint density at radius 2 is 2.07 bits per heavy atom. The smallest absolute Gasteiger partial charge is 0.309 e. The lowest BCUT2D eigenvalue weighted by atomic mass is 10.0. The number of carboxylic acid groups (broad SMARTS) is 1. The predicted octanol–water partition coefficient (Wildman–Crippen LogP) is 0.282. The summed E-state index contributed by atoms with van der Waals surface area (Å²) in [6.45, 7) is 0.604. The highest BCUT2D eigenvalue weighted by Gasteiger charge is 2.21. The van der Waals surface area contributed by atoms with Gasteiger partial charge >= 0.3 is 11.9 Å². The van der Waals surface area contributed by atoms with Crippen molar-refractivity contribution < 1.29 is 19.4 Å². The molecule has 0 aliphatic heterocycles. The zero-order valence-corrected chi connectivity index (χ0v) is 9.10. The van der Waals surface area contributed by atoms with Gasteiger partial charge in [0.1, 0.15) is 0 Å². The fraction of sp³-hybridized carbons (Fsp3) is 0.750. The van der Waals surface area contributed by atoms with E-state index in [2.05, 4.69) is 10.1 Å². The molecule has 0 aromatic carbocycles. The average Bonchev–Trinajstić information content (AvgIpc) is 2.10. The molecule has 0 rings (SSSR count). The van der Waals surface area contributed by atoms with Crippen LogP contribution in [0.1, 0.15) is 12.8 Å². The molecule has 0 fully saturated rings. The second-order valence-corrected chi connectivity index (χ2v) is 2.71. The van der Waals surface area contributed by atoms with Crippen molar-refractivity contribution in [1.29, 1.82) is 0 Å². The molecule has 0 aromatic rings. The molecular formula is C8H16ClNO4. The molecule has 0 radical (unpaired) electrons. The van der Waals surface area contributed by atoms with E-state index in [0.717, 1.165) is 0 Å². The second-order valence-electron chi connectivity index (χ2n) is 2.71. The maximum absolute atomic E-state index is 11.0. The minimum absolute atomic E-state index is 0. The number of hydrogen-bond donors (Lipinski definition) is 2. The number of carboxylic acids is 1. The Kier molecular flexibility index (Phi) is 9.81. The van der Waals surface area contributed by atoms with Crippen LogP contribution >= 0.6 is 12.4 Å². The lowest BCUT2D eigenvalue weighted by Gasteiger charge is -2.11. The van der Waals surface area contributed by atoms with Crippen molar-refractivity contribution in [1.82, 2.24) is 5.32 Å². The first kappa shape index (κ1) is 15.7. The summed E-state index contributed by atoms with van der Waals surface area (Å²) in [5.41, 5.74) is 0. The molecule has 0 aliphatic rings. The number of methoxy groups -OCH3 is 1. The Hall–Kier alpha value is -0.810. The van der Waals surface area contributed by atoms with Crippen LogP contribution < -0.4 is 5.32 Å². The fourth-order valence-corrected chi connectivity index (χ4v) is 0.999. The van der Waals surface area contributed by atoms with Crippen LogP contribution in [0.25, 0.3) is 0 Å². The van der Waals surface area contributed by atoms with Gasteiger partial charge in [0, 0.05) is 0 Å². The Labute approximate surface area is 89.2 Å². The minimum Gasteiger partial charge on any atom is -0.481 e. The number of carbonyl (C=O) groups excluding carboxylic acids is 1. The summed E-state index contributed by atoms with van der Waals surface area (Å²) in [7, 11) is 3.01. The molecule has 0 spiro atoms. The van der Waals surface area contributed by atoms with E-state index in [4.69, 9.17) is 5.11 Å². The number of aliphatic carboxylic acids is 1. The number of carbonyl (C=O) groups is 2. The molecule has 84 valence electrons. The van der Waals surface area contributed by atoms with Crippen LogP contribution in [-0.4, -0.2) is 37.7 Å². The zero-order valence-electron chi connectivity index (χ0n) is 8.28. The van der Waals surface area contributed by atoms with Gasteiger partial charge in [0.05, 0.1) is 19.4 Å². The van der Waals surface area contributed by atoms with Crippen molar-refractivity contribution in [2.24, 2.45) is 5.92 Å². The van der Waals surface area contributed by atoms with E-state index in [9.17, 15) is 9.59 Å². The van der Waals surface area contributed by atoms with E-state index in [1.165, 1.54) is 7.11 Å². The van der Waals surface area contributed by atoms with Gasteiger partial charge in [0.25, 0.3) is 0 Å². The summed E-state index contributed by atoms with van der Waals surface area (Å²) in [5.74, 6) is -1.99. The molecule has 0 saturated heterocycles. The van der Waals surface area contributed by atoms with E-state index in [1.807, 2.05) is 0 Å². The van der Waals surface area contributed by atoms with E-state index in [-0.39, 0.29) is 18.8 Å². The Morgan fingerprint density at radius 1 is 1.50 bits per heavy atom. The van der Waals surface area contributed by atoms with Gasteiger partial charge < -0.3 is 15.2 Å². The maximum atomic E-state index is 11.0.